The van der Waals surface area contributed by atoms with Crippen LogP contribution in [0.15, 0.2) is 18.2 Å². The molecule has 1 amide bonds. The maximum absolute atomic E-state index is 12.4. The third-order valence-corrected chi connectivity index (χ3v) is 7.51. The molecule has 0 spiro atoms. The summed E-state index contributed by atoms with van der Waals surface area (Å²) in [7, 11) is 0. The fraction of sp³-hybridized carbons (Fsp3) is 0.708. The average molecular weight is 430 g/mol. The molecule has 4 aliphatic rings. The van der Waals surface area contributed by atoms with Crippen LogP contribution in [0.2, 0.25) is 0 Å². The second-order valence-corrected chi connectivity index (χ2v) is 9.87. The molecule has 3 heterocycles. The molecule has 31 heavy (non-hydrogen) atoms. The molecule has 5 rings (SSSR count). The van der Waals surface area contributed by atoms with Gasteiger partial charge in [0.1, 0.15) is 0 Å². The lowest BCUT2D eigenvalue weighted by Gasteiger charge is -2.39. The molecule has 0 radical (unpaired) electrons. The van der Waals surface area contributed by atoms with E-state index < -0.39 is 0 Å². The van der Waals surface area contributed by atoms with E-state index >= 15 is 0 Å². The highest BCUT2D eigenvalue weighted by Gasteiger charge is 2.42. The number of carbonyl (C=O) groups excluding carboxylic acids is 1. The highest BCUT2D eigenvalue weighted by molar-refractivity contribution is 5.83. The van der Waals surface area contributed by atoms with Crippen LogP contribution in [0, 0.1) is 11.3 Å². The average Bonchev–Trinajstić information content (AvgIpc) is 3.26. The fourth-order valence-electron chi connectivity index (χ4n) is 5.24. The van der Waals surface area contributed by atoms with E-state index in [1.54, 1.807) is 0 Å². The summed E-state index contributed by atoms with van der Waals surface area (Å²) in [6, 6.07) is 6.51. The van der Waals surface area contributed by atoms with Crippen LogP contribution < -0.4 is 19.7 Å². The molecule has 7 heteroatoms. The normalized spacial score (nSPS) is 27.6. The lowest BCUT2D eigenvalue weighted by Crippen LogP contribution is -2.54. The minimum Gasteiger partial charge on any atom is -0.454 e. The lowest BCUT2D eigenvalue weighted by molar-refractivity contribution is -0.158. The third kappa shape index (κ3) is 4.48. The topological polar surface area (TPSA) is 63.3 Å². The molecule has 1 aromatic carbocycles. The monoisotopic (exact) mass is 429 g/mol. The van der Waals surface area contributed by atoms with Gasteiger partial charge in [0.25, 0.3) is 0 Å². The van der Waals surface area contributed by atoms with E-state index in [-0.39, 0.29) is 11.3 Å². The first-order valence-electron chi connectivity index (χ1n) is 11.9. The molecule has 0 unspecified atom stereocenters. The SMILES string of the molecule is CC1(C(=O)NC2CCC(CCN3CCN(c4cccc5c4OCO5)CC3)CC2)COC1. The quantitative estimate of drug-likeness (QED) is 0.750. The molecular formula is C24H35N3O4. The number of nitrogens with one attached hydrogen (secondary N) is 1. The summed E-state index contributed by atoms with van der Waals surface area (Å²) in [5.74, 6) is 2.73. The van der Waals surface area contributed by atoms with Gasteiger partial charge >= 0.3 is 0 Å². The summed E-state index contributed by atoms with van der Waals surface area (Å²) in [6.07, 6.45) is 5.95. The van der Waals surface area contributed by atoms with Crippen molar-refractivity contribution >= 4 is 11.6 Å². The van der Waals surface area contributed by atoms with E-state index in [4.69, 9.17) is 14.2 Å². The van der Waals surface area contributed by atoms with Gasteiger partial charge in [-0.05, 0) is 63.6 Å². The van der Waals surface area contributed by atoms with E-state index in [0.29, 0.717) is 26.0 Å². The van der Waals surface area contributed by atoms with Crippen molar-refractivity contribution in [2.45, 2.75) is 45.1 Å². The van der Waals surface area contributed by atoms with Crippen LogP contribution in [-0.4, -0.2) is 69.6 Å². The largest absolute Gasteiger partial charge is 0.454 e. The van der Waals surface area contributed by atoms with Crippen molar-refractivity contribution in [1.82, 2.24) is 10.2 Å². The molecule has 1 aromatic rings. The standard InChI is InChI=1S/C24H35N3O4/c1-24(15-29-16-24)23(28)25-19-7-5-18(6-8-19)9-10-26-11-13-27(14-12-26)20-3-2-4-21-22(20)31-17-30-21/h2-4,18-19H,5-17H2,1H3,(H,25,28). The van der Waals surface area contributed by atoms with E-state index in [9.17, 15) is 4.79 Å². The van der Waals surface area contributed by atoms with Gasteiger partial charge in [0.2, 0.25) is 12.7 Å². The zero-order valence-electron chi connectivity index (χ0n) is 18.6. The number of ether oxygens (including phenoxy) is 3. The van der Waals surface area contributed by atoms with Gasteiger partial charge in [0, 0.05) is 32.2 Å². The number of amides is 1. The molecule has 0 atom stereocenters. The molecule has 0 aromatic heterocycles. The fourth-order valence-corrected chi connectivity index (χ4v) is 5.24. The Balaban J connectivity index is 1.02. The van der Waals surface area contributed by atoms with Crippen LogP contribution in [-0.2, 0) is 9.53 Å². The number of anilines is 1. The molecule has 2 saturated heterocycles. The van der Waals surface area contributed by atoms with Crippen molar-refractivity contribution in [3.05, 3.63) is 18.2 Å². The van der Waals surface area contributed by atoms with Gasteiger partial charge in [-0.3, -0.25) is 9.69 Å². The van der Waals surface area contributed by atoms with Crippen molar-refractivity contribution in [1.29, 1.82) is 0 Å². The van der Waals surface area contributed by atoms with Gasteiger partial charge in [-0.25, -0.2) is 0 Å². The minimum atomic E-state index is -0.294. The van der Waals surface area contributed by atoms with Gasteiger partial charge in [-0.1, -0.05) is 6.07 Å². The van der Waals surface area contributed by atoms with Crippen LogP contribution in [0.3, 0.4) is 0 Å². The predicted octanol–water partition coefficient (Wildman–Crippen LogP) is 2.64. The number of carbonyl (C=O) groups is 1. The summed E-state index contributed by atoms with van der Waals surface area (Å²) in [5, 5.41) is 3.27. The smallest absolute Gasteiger partial charge is 0.231 e. The van der Waals surface area contributed by atoms with Crippen LogP contribution in [0.25, 0.3) is 0 Å². The van der Waals surface area contributed by atoms with Gasteiger partial charge in [-0.2, -0.15) is 0 Å². The number of nitrogens with zero attached hydrogens (tertiary/aromatic N) is 2. The second kappa shape index (κ2) is 8.87. The van der Waals surface area contributed by atoms with Crippen molar-refractivity contribution in [2.24, 2.45) is 11.3 Å². The summed E-state index contributed by atoms with van der Waals surface area (Å²) in [6.45, 7) is 8.88. The predicted molar refractivity (Wildman–Crippen MR) is 119 cm³/mol. The van der Waals surface area contributed by atoms with Gasteiger partial charge in [0.05, 0.1) is 24.3 Å². The molecule has 1 aliphatic carbocycles. The molecule has 0 bridgehead atoms. The van der Waals surface area contributed by atoms with Gasteiger partial charge in [0.15, 0.2) is 11.5 Å². The Morgan fingerprint density at radius 1 is 1.10 bits per heavy atom. The van der Waals surface area contributed by atoms with E-state index in [1.165, 1.54) is 25.8 Å². The Labute approximate surface area is 185 Å². The number of para-hydroxylation sites is 1. The molecule has 3 aliphatic heterocycles. The third-order valence-electron chi connectivity index (χ3n) is 7.51. The highest BCUT2D eigenvalue weighted by atomic mass is 16.7. The highest BCUT2D eigenvalue weighted by Crippen LogP contribution is 2.41. The molecular weight excluding hydrogens is 394 g/mol. The number of piperazine rings is 1. The summed E-state index contributed by atoms with van der Waals surface area (Å²) < 4.78 is 16.4. The lowest BCUT2D eigenvalue weighted by atomic mass is 9.82. The number of hydrogen-bond donors (Lipinski definition) is 1. The maximum atomic E-state index is 12.4. The van der Waals surface area contributed by atoms with Crippen molar-refractivity contribution in [3.8, 4) is 11.5 Å². The molecule has 7 nitrogen and oxygen atoms in total. The van der Waals surface area contributed by atoms with Crippen LogP contribution >= 0.6 is 0 Å². The van der Waals surface area contributed by atoms with E-state index in [0.717, 1.165) is 62.1 Å². The number of fused-ring (bicyclic) bond motifs is 1. The Hall–Kier alpha value is -1.99. The van der Waals surface area contributed by atoms with Crippen LogP contribution in [0.4, 0.5) is 5.69 Å². The number of benzene rings is 1. The Morgan fingerprint density at radius 3 is 2.58 bits per heavy atom. The Kier molecular flexibility index (Phi) is 5.97. The summed E-state index contributed by atoms with van der Waals surface area (Å²) in [4.78, 5) is 17.4. The Bertz CT molecular complexity index is 781. The molecule has 1 saturated carbocycles. The molecule has 170 valence electrons. The van der Waals surface area contributed by atoms with Crippen molar-refractivity contribution in [2.75, 3.05) is 57.6 Å². The first kappa shape index (κ1) is 20.9. The second-order valence-electron chi connectivity index (χ2n) is 9.87. The minimum absolute atomic E-state index is 0.182. The molecule has 1 N–H and O–H groups in total. The molecule has 3 fully saturated rings. The number of hydrogen-bond acceptors (Lipinski definition) is 6. The van der Waals surface area contributed by atoms with Crippen LogP contribution in [0.1, 0.15) is 39.0 Å². The zero-order chi connectivity index (χ0) is 21.3. The van der Waals surface area contributed by atoms with Crippen molar-refractivity contribution < 1.29 is 19.0 Å². The van der Waals surface area contributed by atoms with E-state index in [1.807, 2.05) is 19.1 Å². The summed E-state index contributed by atoms with van der Waals surface area (Å²) in [5.41, 5.74) is 0.871. The maximum Gasteiger partial charge on any atom is 0.231 e. The van der Waals surface area contributed by atoms with Gasteiger partial charge < -0.3 is 24.4 Å². The summed E-state index contributed by atoms with van der Waals surface area (Å²) >= 11 is 0. The Morgan fingerprint density at radius 2 is 1.87 bits per heavy atom. The van der Waals surface area contributed by atoms with E-state index in [2.05, 4.69) is 21.2 Å². The number of rotatable bonds is 6. The first-order chi connectivity index (χ1) is 15.1. The van der Waals surface area contributed by atoms with Crippen LogP contribution in [0.5, 0.6) is 11.5 Å². The zero-order valence-corrected chi connectivity index (χ0v) is 18.6. The van der Waals surface area contributed by atoms with Gasteiger partial charge in [-0.15, -0.1) is 0 Å². The first-order valence-corrected chi connectivity index (χ1v) is 11.9. The van der Waals surface area contributed by atoms with Crippen molar-refractivity contribution in [3.63, 3.8) is 0 Å².